The van der Waals surface area contributed by atoms with Gasteiger partial charge in [0.2, 0.25) is 0 Å². The first-order valence-electron chi connectivity index (χ1n) is 6.96. The van der Waals surface area contributed by atoms with Crippen LogP contribution < -0.4 is 0 Å². The summed E-state index contributed by atoms with van der Waals surface area (Å²) in [6.07, 6.45) is 1.38. The number of nitrogens with zero attached hydrogens (tertiary/aromatic N) is 1. The minimum Gasteiger partial charge on any atom is -0.469 e. The van der Waals surface area contributed by atoms with Crippen molar-refractivity contribution in [3.8, 4) is 0 Å². The molecule has 0 unspecified atom stereocenters. The zero-order chi connectivity index (χ0) is 15.3. The van der Waals surface area contributed by atoms with Gasteiger partial charge < -0.3 is 19.5 Å². The lowest BCUT2D eigenvalue weighted by molar-refractivity contribution is -0.147. The molecule has 2 atom stereocenters. The van der Waals surface area contributed by atoms with Gasteiger partial charge in [-0.3, -0.25) is 4.79 Å². The van der Waals surface area contributed by atoms with Crippen LogP contribution >= 0.6 is 0 Å². The Morgan fingerprint density at radius 1 is 1.30 bits per heavy atom. The van der Waals surface area contributed by atoms with E-state index in [2.05, 4.69) is 0 Å². The molecule has 6 nitrogen and oxygen atoms in total. The topological polar surface area (TPSA) is 76.1 Å². The monoisotopic (exact) mass is 287 g/mol. The number of ether oxygens (including phenoxy) is 2. The van der Waals surface area contributed by atoms with Crippen molar-refractivity contribution in [2.45, 2.75) is 51.7 Å². The summed E-state index contributed by atoms with van der Waals surface area (Å²) in [5.41, 5.74) is -0.584. The number of carbonyl (C=O) groups is 2. The minimum absolute atomic E-state index is 0.00680. The number of piperidine rings is 1. The fourth-order valence-corrected chi connectivity index (χ4v) is 2.38. The summed E-state index contributed by atoms with van der Waals surface area (Å²) in [6, 6.07) is -0.0873. The van der Waals surface area contributed by atoms with Gasteiger partial charge in [0.15, 0.2) is 0 Å². The average molecular weight is 287 g/mol. The molecule has 1 aliphatic rings. The van der Waals surface area contributed by atoms with E-state index in [4.69, 9.17) is 14.6 Å². The van der Waals surface area contributed by atoms with Gasteiger partial charge in [-0.15, -0.1) is 0 Å². The van der Waals surface area contributed by atoms with Crippen LogP contribution in [0.1, 0.15) is 40.0 Å². The Hall–Kier alpha value is -1.30. The Morgan fingerprint density at radius 2 is 1.95 bits per heavy atom. The van der Waals surface area contributed by atoms with E-state index < -0.39 is 11.7 Å². The van der Waals surface area contributed by atoms with E-state index in [0.717, 1.165) is 0 Å². The Labute approximate surface area is 120 Å². The van der Waals surface area contributed by atoms with Crippen LogP contribution in [0.5, 0.6) is 0 Å². The third kappa shape index (κ3) is 4.67. The van der Waals surface area contributed by atoms with Gasteiger partial charge in [0.25, 0.3) is 0 Å². The number of methoxy groups -OCH3 is 1. The Kier molecular flexibility index (Phi) is 5.80. The maximum Gasteiger partial charge on any atom is 0.410 e. The van der Waals surface area contributed by atoms with Crippen LogP contribution in [-0.4, -0.2) is 54.0 Å². The molecule has 1 fully saturated rings. The molecule has 0 aromatic rings. The highest BCUT2D eigenvalue weighted by Crippen LogP contribution is 2.26. The second-order valence-corrected chi connectivity index (χ2v) is 6.10. The first-order valence-corrected chi connectivity index (χ1v) is 6.96. The lowest BCUT2D eigenvalue weighted by Gasteiger charge is -2.39. The maximum absolute atomic E-state index is 12.2. The fourth-order valence-electron chi connectivity index (χ4n) is 2.38. The normalized spacial score (nSPS) is 23.4. The molecule has 0 aromatic heterocycles. The van der Waals surface area contributed by atoms with Crippen molar-refractivity contribution in [2.75, 3.05) is 20.3 Å². The number of hydrogen-bond donors (Lipinski definition) is 1. The molecule has 0 aromatic carbocycles. The second kappa shape index (κ2) is 6.92. The van der Waals surface area contributed by atoms with Gasteiger partial charge in [-0.05, 0) is 40.0 Å². The van der Waals surface area contributed by atoms with Crippen molar-refractivity contribution in [1.29, 1.82) is 0 Å². The zero-order valence-electron chi connectivity index (χ0n) is 12.7. The van der Waals surface area contributed by atoms with Crippen molar-refractivity contribution in [2.24, 2.45) is 5.92 Å². The largest absolute Gasteiger partial charge is 0.469 e. The summed E-state index contributed by atoms with van der Waals surface area (Å²) in [6.45, 7) is 5.69. The molecule has 20 heavy (non-hydrogen) atoms. The fraction of sp³-hybridized carbons (Fsp3) is 0.857. The molecule has 0 bridgehead atoms. The van der Waals surface area contributed by atoms with E-state index in [1.807, 2.05) is 0 Å². The highest BCUT2D eigenvalue weighted by molar-refractivity contribution is 5.75. The van der Waals surface area contributed by atoms with E-state index in [1.165, 1.54) is 7.11 Å². The molecule has 6 heteroatoms. The Bertz CT molecular complexity index is 350. The van der Waals surface area contributed by atoms with E-state index in [0.29, 0.717) is 19.3 Å². The average Bonchev–Trinajstić information content (AvgIpc) is 2.36. The van der Waals surface area contributed by atoms with Gasteiger partial charge in [0.05, 0.1) is 13.0 Å². The smallest absolute Gasteiger partial charge is 0.410 e. The molecular weight excluding hydrogens is 262 g/mol. The van der Waals surface area contributed by atoms with Crippen molar-refractivity contribution in [3.05, 3.63) is 0 Å². The highest BCUT2D eigenvalue weighted by atomic mass is 16.6. The maximum atomic E-state index is 12.2. The SMILES string of the molecule is COC(=O)[C@H]1CC[C@@H](CCO)N(C(=O)OC(C)(C)C)C1. The Morgan fingerprint density at radius 3 is 2.45 bits per heavy atom. The van der Waals surface area contributed by atoms with E-state index in [1.54, 1.807) is 25.7 Å². The summed E-state index contributed by atoms with van der Waals surface area (Å²) >= 11 is 0. The number of hydrogen-bond acceptors (Lipinski definition) is 5. The van der Waals surface area contributed by atoms with Crippen LogP contribution in [0.25, 0.3) is 0 Å². The number of likely N-dealkylation sites (tertiary alicyclic amines) is 1. The van der Waals surface area contributed by atoms with Crippen molar-refractivity contribution >= 4 is 12.1 Å². The summed E-state index contributed by atoms with van der Waals surface area (Å²) in [5, 5.41) is 9.10. The van der Waals surface area contributed by atoms with E-state index >= 15 is 0 Å². The number of aliphatic hydroxyl groups is 1. The van der Waals surface area contributed by atoms with Gasteiger partial charge in [0.1, 0.15) is 5.60 Å². The predicted molar refractivity (Wildman–Crippen MR) is 73.2 cm³/mol. The molecule has 1 saturated heterocycles. The second-order valence-electron chi connectivity index (χ2n) is 6.10. The molecule has 1 amide bonds. The van der Waals surface area contributed by atoms with Crippen LogP contribution in [0.15, 0.2) is 0 Å². The van der Waals surface area contributed by atoms with Crippen molar-refractivity contribution in [1.82, 2.24) is 4.90 Å². The van der Waals surface area contributed by atoms with Gasteiger partial charge >= 0.3 is 12.1 Å². The van der Waals surface area contributed by atoms with E-state index in [9.17, 15) is 9.59 Å². The molecule has 0 radical (unpaired) electrons. The summed E-state index contributed by atoms with van der Waals surface area (Å²) in [5.74, 6) is -0.622. The lowest BCUT2D eigenvalue weighted by atomic mass is 9.91. The number of esters is 1. The first kappa shape index (κ1) is 16.8. The number of amides is 1. The highest BCUT2D eigenvalue weighted by Gasteiger charge is 2.36. The van der Waals surface area contributed by atoms with E-state index in [-0.39, 0.29) is 31.1 Å². The molecule has 1 aliphatic heterocycles. The van der Waals surface area contributed by atoms with Gasteiger partial charge in [-0.25, -0.2) is 4.79 Å². The Balaban J connectivity index is 2.77. The third-order valence-electron chi connectivity index (χ3n) is 3.33. The number of carbonyl (C=O) groups excluding carboxylic acids is 2. The number of aliphatic hydroxyl groups excluding tert-OH is 1. The molecular formula is C14H25NO5. The third-order valence-corrected chi connectivity index (χ3v) is 3.33. The minimum atomic E-state index is -0.584. The first-order chi connectivity index (χ1) is 9.28. The van der Waals surface area contributed by atoms with Gasteiger partial charge in [0, 0.05) is 19.2 Å². The van der Waals surface area contributed by atoms with Crippen LogP contribution in [0.2, 0.25) is 0 Å². The van der Waals surface area contributed by atoms with Gasteiger partial charge in [-0.1, -0.05) is 0 Å². The molecule has 0 aliphatic carbocycles. The van der Waals surface area contributed by atoms with Gasteiger partial charge in [-0.2, -0.15) is 0 Å². The predicted octanol–water partition coefficient (Wildman–Crippen LogP) is 1.56. The van der Waals surface area contributed by atoms with Crippen LogP contribution in [-0.2, 0) is 14.3 Å². The van der Waals surface area contributed by atoms with Crippen LogP contribution in [0.4, 0.5) is 4.79 Å². The zero-order valence-corrected chi connectivity index (χ0v) is 12.7. The quantitative estimate of drug-likeness (QED) is 0.797. The summed E-state index contributed by atoms with van der Waals surface area (Å²) in [4.78, 5) is 25.4. The molecule has 116 valence electrons. The summed E-state index contributed by atoms with van der Waals surface area (Å²) in [7, 11) is 1.35. The molecule has 1 rings (SSSR count). The number of rotatable bonds is 3. The molecule has 1 heterocycles. The van der Waals surface area contributed by atoms with Crippen LogP contribution in [0.3, 0.4) is 0 Å². The van der Waals surface area contributed by atoms with Crippen molar-refractivity contribution in [3.63, 3.8) is 0 Å². The standard InChI is InChI=1S/C14H25NO5/c1-14(2,3)20-13(18)15-9-10(12(17)19-4)5-6-11(15)7-8-16/h10-11,16H,5-9H2,1-4H3/t10-,11-/m0/s1. The lowest BCUT2D eigenvalue weighted by Crippen LogP contribution is -2.50. The van der Waals surface area contributed by atoms with Crippen LogP contribution in [0, 0.1) is 5.92 Å². The molecule has 0 spiro atoms. The summed E-state index contributed by atoms with van der Waals surface area (Å²) < 4.78 is 10.1. The molecule has 0 saturated carbocycles. The molecule has 1 N–H and O–H groups in total. The van der Waals surface area contributed by atoms with Crippen molar-refractivity contribution < 1.29 is 24.2 Å².